The summed E-state index contributed by atoms with van der Waals surface area (Å²) in [5.41, 5.74) is 2.14. The molecule has 0 saturated carbocycles. The van der Waals surface area contributed by atoms with Gasteiger partial charge in [0, 0.05) is 18.1 Å². The lowest BCUT2D eigenvalue weighted by atomic mass is 10.0. The van der Waals surface area contributed by atoms with Crippen LogP contribution in [0.15, 0.2) is 36.4 Å². The lowest BCUT2D eigenvalue weighted by Gasteiger charge is -2.07. The van der Waals surface area contributed by atoms with Crippen LogP contribution in [0.25, 0.3) is 12.2 Å². The topological polar surface area (TPSA) is 60.7 Å². The number of phenolic OH excluding ortho intramolecular Hbond substituents is 3. The zero-order valence-electron chi connectivity index (χ0n) is 10.7. The van der Waals surface area contributed by atoms with E-state index < -0.39 is 0 Å². The smallest absolute Gasteiger partial charge is 0.124 e. The van der Waals surface area contributed by atoms with Crippen molar-refractivity contribution in [3.63, 3.8) is 0 Å². The van der Waals surface area contributed by atoms with E-state index >= 15 is 0 Å². The fraction of sp³-hybridized carbons (Fsp3) is 0.0588. The fourth-order valence-electron chi connectivity index (χ4n) is 1.88. The molecule has 2 aromatic carbocycles. The van der Waals surface area contributed by atoms with Gasteiger partial charge in [0.2, 0.25) is 0 Å². The van der Waals surface area contributed by atoms with Crippen LogP contribution in [0.5, 0.6) is 17.2 Å². The third-order valence-electron chi connectivity index (χ3n) is 2.87. The minimum atomic E-state index is -0.0201. The molecule has 0 bridgehead atoms. The maximum Gasteiger partial charge on any atom is 0.124 e. The summed E-state index contributed by atoms with van der Waals surface area (Å²) in [6.07, 6.45) is 9.14. The Morgan fingerprint density at radius 2 is 1.65 bits per heavy atom. The Balaban J connectivity index is 2.37. The number of hydrogen-bond acceptors (Lipinski definition) is 3. The van der Waals surface area contributed by atoms with Crippen molar-refractivity contribution in [1.29, 1.82) is 0 Å². The molecule has 2 aromatic rings. The predicted octanol–water partition coefficient (Wildman–Crippen LogP) is 3.15. The lowest BCUT2D eigenvalue weighted by molar-refractivity contribution is 0.447. The average molecular weight is 266 g/mol. The number of rotatable bonds is 3. The van der Waals surface area contributed by atoms with Crippen LogP contribution in [-0.2, 0) is 6.42 Å². The van der Waals surface area contributed by atoms with Crippen LogP contribution in [0.2, 0.25) is 0 Å². The monoisotopic (exact) mass is 266 g/mol. The molecule has 0 aliphatic rings. The number of phenols is 3. The molecule has 0 atom stereocenters. The van der Waals surface area contributed by atoms with Crippen molar-refractivity contribution in [3.05, 3.63) is 53.1 Å². The van der Waals surface area contributed by atoms with Gasteiger partial charge < -0.3 is 15.3 Å². The molecule has 0 spiro atoms. The van der Waals surface area contributed by atoms with Gasteiger partial charge in [0.1, 0.15) is 17.2 Å². The molecule has 0 aliphatic heterocycles. The third-order valence-corrected chi connectivity index (χ3v) is 2.87. The van der Waals surface area contributed by atoms with Crippen molar-refractivity contribution >= 4 is 12.2 Å². The summed E-state index contributed by atoms with van der Waals surface area (Å²) < 4.78 is 0. The number of benzene rings is 2. The van der Waals surface area contributed by atoms with E-state index in [1.165, 1.54) is 6.07 Å². The van der Waals surface area contributed by atoms with Crippen LogP contribution in [0.4, 0.5) is 0 Å². The van der Waals surface area contributed by atoms with Crippen LogP contribution in [-0.4, -0.2) is 15.3 Å². The molecule has 3 heteroatoms. The van der Waals surface area contributed by atoms with Crippen LogP contribution >= 0.6 is 0 Å². The van der Waals surface area contributed by atoms with Crippen molar-refractivity contribution in [3.8, 4) is 29.6 Å². The second-order valence-corrected chi connectivity index (χ2v) is 4.34. The minimum absolute atomic E-state index is 0.0198. The molecular weight excluding hydrogens is 252 g/mol. The Morgan fingerprint density at radius 1 is 0.950 bits per heavy atom. The Bertz CT molecular complexity index is 677. The van der Waals surface area contributed by atoms with Gasteiger partial charge >= 0.3 is 0 Å². The van der Waals surface area contributed by atoms with E-state index in [1.807, 2.05) is 6.08 Å². The van der Waals surface area contributed by atoms with Crippen LogP contribution < -0.4 is 0 Å². The lowest BCUT2D eigenvalue weighted by Crippen LogP contribution is -1.88. The summed E-state index contributed by atoms with van der Waals surface area (Å²) in [5.74, 6) is 2.64. The van der Waals surface area contributed by atoms with Crippen LogP contribution in [0.3, 0.4) is 0 Å². The van der Waals surface area contributed by atoms with E-state index in [-0.39, 0.29) is 23.7 Å². The highest BCUT2D eigenvalue weighted by Crippen LogP contribution is 2.29. The zero-order valence-corrected chi connectivity index (χ0v) is 10.7. The van der Waals surface area contributed by atoms with Gasteiger partial charge in [0.15, 0.2) is 0 Å². The van der Waals surface area contributed by atoms with Crippen molar-refractivity contribution in [2.75, 3.05) is 0 Å². The third kappa shape index (κ3) is 3.12. The van der Waals surface area contributed by atoms with Gasteiger partial charge in [-0.1, -0.05) is 24.3 Å². The Kier molecular flexibility index (Phi) is 3.97. The Hall–Kier alpha value is -2.86. The highest BCUT2D eigenvalue weighted by atomic mass is 16.3. The molecule has 0 unspecified atom stereocenters. The Labute approximate surface area is 117 Å². The van der Waals surface area contributed by atoms with Gasteiger partial charge in [-0.3, -0.25) is 0 Å². The van der Waals surface area contributed by atoms with E-state index in [4.69, 9.17) is 6.42 Å². The van der Waals surface area contributed by atoms with Gasteiger partial charge in [-0.05, 0) is 29.3 Å². The minimum Gasteiger partial charge on any atom is -0.508 e. The van der Waals surface area contributed by atoms with Gasteiger partial charge in [-0.2, -0.15) is 0 Å². The molecule has 0 amide bonds. The quantitative estimate of drug-likeness (QED) is 0.590. The van der Waals surface area contributed by atoms with Crippen molar-refractivity contribution in [2.45, 2.75) is 6.42 Å². The number of terminal acetylenes is 1. The van der Waals surface area contributed by atoms with Gasteiger partial charge in [-0.25, -0.2) is 0 Å². The molecule has 100 valence electrons. The maximum absolute atomic E-state index is 9.81. The molecule has 0 aliphatic carbocycles. The summed E-state index contributed by atoms with van der Waals surface area (Å²) in [6.45, 7) is 0. The SMILES string of the molecule is C#CCc1c(O)cc(O)cc1C=Cc1ccc(O)cc1. The first-order chi connectivity index (χ1) is 9.60. The van der Waals surface area contributed by atoms with Crippen molar-refractivity contribution < 1.29 is 15.3 Å². The van der Waals surface area contributed by atoms with E-state index in [1.54, 1.807) is 36.4 Å². The number of aromatic hydroxyl groups is 3. The van der Waals surface area contributed by atoms with E-state index in [9.17, 15) is 15.3 Å². The highest BCUT2D eigenvalue weighted by Gasteiger charge is 2.07. The molecule has 0 fully saturated rings. The summed E-state index contributed by atoms with van der Waals surface area (Å²) in [4.78, 5) is 0. The standard InChI is InChI=1S/C17H14O3/c1-2-3-16-13(10-15(19)11-17(16)20)7-4-12-5-8-14(18)9-6-12/h1,4-11,18-20H,3H2. The fourth-order valence-corrected chi connectivity index (χ4v) is 1.88. The van der Waals surface area contributed by atoms with Crippen LogP contribution in [0, 0.1) is 12.3 Å². The van der Waals surface area contributed by atoms with Gasteiger partial charge in [0.25, 0.3) is 0 Å². The molecular formula is C17H14O3. The Morgan fingerprint density at radius 3 is 2.30 bits per heavy atom. The summed E-state index contributed by atoms with van der Waals surface area (Å²) >= 11 is 0. The van der Waals surface area contributed by atoms with Gasteiger partial charge in [0.05, 0.1) is 0 Å². The molecule has 2 rings (SSSR count). The maximum atomic E-state index is 9.81. The first-order valence-corrected chi connectivity index (χ1v) is 6.05. The second-order valence-electron chi connectivity index (χ2n) is 4.34. The molecule has 0 heterocycles. The largest absolute Gasteiger partial charge is 0.508 e. The highest BCUT2D eigenvalue weighted by molar-refractivity contribution is 5.73. The summed E-state index contributed by atoms with van der Waals surface area (Å²) in [7, 11) is 0. The van der Waals surface area contributed by atoms with E-state index in [2.05, 4.69) is 5.92 Å². The summed E-state index contributed by atoms with van der Waals surface area (Å²) in [6, 6.07) is 9.50. The predicted molar refractivity (Wildman–Crippen MR) is 79.3 cm³/mol. The van der Waals surface area contributed by atoms with Crippen LogP contribution in [0.1, 0.15) is 16.7 Å². The zero-order chi connectivity index (χ0) is 14.5. The summed E-state index contributed by atoms with van der Waals surface area (Å²) in [5, 5.41) is 28.6. The normalized spacial score (nSPS) is 10.6. The molecule has 20 heavy (non-hydrogen) atoms. The molecule has 3 N–H and O–H groups in total. The van der Waals surface area contributed by atoms with Gasteiger partial charge in [-0.15, -0.1) is 12.3 Å². The van der Waals surface area contributed by atoms with E-state index in [0.717, 1.165) is 5.56 Å². The first-order valence-electron chi connectivity index (χ1n) is 6.05. The molecule has 0 saturated heterocycles. The second kappa shape index (κ2) is 5.85. The van der Waals surface area contributed by atoms with E-state index in [0.29, 0.717) is 11.1 Å². The van der Waals surface area contributed by atoms with Crippen molar-refractivity contribution in [2.24, 2.45) is 0 Å². The number of hydrogen-bond donors (Lipinski definition) is 3. The van der Waals surface area contributed by atoms with Crippen molar-refractivity contribution in [1.82, 2.24) is 0 Å². The average Bonchev–Trinajstić information content (AvgIpc) is 2.41. The first kappa shape index (κ1) is 13.6. The molecule has 0 radical (unpaired) electrons. The molecule has 0 aromatic heterocycles. The molecule has 3 nitrogen and oxygen atoms in total.